The number of halogens is 2. The maximum absolute atomic E-state index is 14.0. The molecule has 0 saturated heterocycles. The predicted octanol–water partition coefficient (Wildman–Crippen LogP) is 3.64. The lowest BCUT2D eigenvalue weighted by molar-refractivity contribution is 0.169. The number of fused-ring (bicyclic) bond motifs is 1. The number of hydrogen-bond acceptors (Lipinski definition) is 3. The fourth-order valence-corrected chi connectivity index (χ4v) is 2.57. The summed E-state index contributed by atoms with van der Waals surface area (Å²) in [6, 6.07) is 7.86. The Hall–Kier alpha value is -1.78. The Kier molecular flexibility index (Phi) is 3.74. The summed E-state index contributed by atoms with van der Waals surface area (Å²) in [6.07, 6.45) is -1.16. The first-order valence-corrected chi connectivity index (χ1v) is 6.97. The van der Waals surface area contributed by atoms with Crippen molar-refractivity contribution in [3.8, 4) is 11.5 Å². The molecule has 21 heavy (non-hydrogen) atoms. The van der Waals surface area contributed by atoms with Crippen molar-refractivity contribution in [3.63, 3.8) is 0 Å². The second-order valence-corrected chi connectivity index (χ2v) is 5.35. The highest BCUT2D eigenvalue weighted by Crippen LogP contribution is 2.39. The zero-order valence-corrected chi connectivity index (χ0v) is 12.2. The van der Waals surface area contributed by atoms with E-state index in [9.17, 15) is 9.50 Å². The van der Waals surface area contributed by atoms with Crippen LogP contribution < -0.4 is 9.47 Å². The van der Waals surface area contributed by atoms with Crippen LogP contribution in [-0.2, 0) is 0 Å². The molecule has 3 nitrogen and oxygen atoms in total. The van der Waals surface area contributed by atoms with Crippen LogP contribution in [0.1, 0.15) is 22.8 Å². The van der Waals surface area contributed by atoms with E-state index in [1.54, 1.807) is 31.2 Å². The van der Waals surface area contributed by atoms with Gasteiger partial charge in [-0.25, -0.2) is 4.39 Å². The Morgan fingerprint density at radius 1 is 1.10 bits per heavy atom. The van der Waals surface area contributed by atoms with E-state index in [2.05, 4.69) is 0 Å². The fraction of sp³-hybridized carbons (Fsp3) is 0.250. The van der Waals surface area contributed by atoms with Gasteiger partial charge in [0.2, 0.25) is 0 Å². The number of benzene rings is 2. The summed E-state index contributed by atoms with van der Waals surface area (Å²) >= 11 is 6.17. The average molecular weight is 309 g/mol. The van der Waals surface area contributed by atoms with Gasteiger partial charge in [0, 0.05) is 17.2 Å². The molecule has 1 aliphatic heterocycles. The van der Waals surface area contributed by atoms with E-state index in [0.29, 0.717) is 35.3 Å². The van der Waals surface area contributed by atoms with Crippen molar-refractivity contribution in [1.29, 1.82) is 0 Å². The third-order valence-corrected chi connectivity index (χ3v) is 3.73. The molecule has 0 amide bonds. The van der Waals surface area contributed by atoms with Gasteiger partial charge in [0.1, 0.15) is 25.1 Å². The van der Waals surface area contributed by atoms with Gasteiger partial charge in [0.25, 0.3) is 0 Å². The van der Waals surface area contributed by atoms with Gasteiger partial charge >= 0.3 is 0 Å². The molecule has 2 aromatic carbocycles. The van der Waals surface area contributed by atoms with Crippen LogP contribution in [0.5, 0.6) is 11.5 Å². The van der Waals surface area contributed by atoms with Crippen molar-refractivity contribution in [2.45, 2.75) is 13.0 Å². The molecule has 0 radical (unpaired) electrons. The Bertz CT molecular complexity index is 687. The topological polar surface area (TPSA) is 38.7 Å². The van der Waals surface area contributed by atoms with E-state index in [1.165, 1.54) is 6.07 Å². The minimum Gasteiger partial charge on any atom is -0.486 e. The standard InChI is InChI=1S/C16H14ClFO3/c1-9-2-3-10(13(18)6-9)16(19)11-7-14-15(8-12(11)17)21-5-4-20-14/h2-3,6-8,16,19H,4-5H2,1H3. The Morgan fingerprint density at radius 3 is 2.43 bits per heavy atom. The molecule has 1 unspecified atom stereocenters. The van der Waals surface area contributed by atoms with Gasteiger partial charge in [-0.2, -0.15) is 0 Å². The minimum absolute atomic E-state index is 0.180. The maximum atomic E-state index is 14.0. The van der Waals surface area contributed by atoms with Crippen LogP contribution >= 0.6 is 11.6 Å². The van der Waals surface area contributed by atoms with Crippen molar-refractivity contribution in [3.05, 3.63) is 57.9 Å². The largest absolute Gasteiger partial charge is 0.486 e. The molecular formula is C16H14ClFO3. The SMILES string of the molecule is Cc1ccc(C(O)c2cc3c(cc2Cl)OCCO3)c(F)c1. The van der Waals surface area contributed by atoms with Crippen LogP contribution in [0, 0.1) is 12.7 Å². The van der Waals surface area contributed by atoms with E-state index in [0.717, 1.165) is 5.56 Å². The van der Waals surface area contributed by atoms with E-state index < -0.39 is 11.9 Å². The number of ether oxygens (including phenoxy) is 2. The summed E-state index contributed by atoms with van der Waals surface area (Å²) < 4.78 is 24.9. The van der Waals surface area contributed by atoms with Crippen molar-refractivity contribution in [2.75, 3.05) is 13.2 Å². The molecule has 1 N–H and O–H groups in total. The summed E-state index contributed by atoms with van der Waals surface area (Å²) in [4.78, 5) is 0. The molecule has 1 aliphatic rings. The first-order valence-electron chi connectivity index (χ1n) is 6.59. The summed E-state index contributed by atoms with van der Waals surface area (Å²) in [7, 11) is 0. The van der Waals surface area contributed by atoms with Crippen LogP contribution in [0.2, 0.25) is 5.02 Å². The number of rotatable bonds is 2. The monoisotopic (exact) mass is 308 g/mol. The predicted molar refractivity (Wildman–Crippen MR) is 77.6 cm³/mol. The smallest absolute Gasteiger partial charge is 0.162 e. The zero-order valence-electron chi connectivity index (χ0n) is 11.4. The molecule has 5 heteroatoms. The van der Waals surface area contributed by atoms with Gasteiger partial charge in [-0.3, -0.25) is 0 Å². The van der Waals surface area contributed by atoms with Gasteiger partial charge in [-0.05, 0) is 24.6 Å². The van der Waals surface area contributed by atoms with Crippen LogP contribution in [0.25, 0.3) is 0 Å². The first kappa shape index (κ1) is 14.2. The van der Waals surface area contributed by atoms with Crippen molar-refractivity contribution >= 4 is 11.6 Å². The lowest BCUT2D eigenvalue weighted by Gasteiger charge is -2.21. The van der Waals surface area contributed by atoms with Gasteiger partial charge in [0.05, 0.1) is 5.02 Å². The Labute approximate surface area is 126 Å². The van der Waals surface area contributed by atoms with Crippen LogP contribution in [0.3, 0.4) is 0 Å². The molecule has 2 aromatic rings. The summed E-state index contributed by atoms with van der Waals surface area (Å²) in [5, 5.41) is 10.7. The highest BCUT2D eigenvalue weighted by atomic mass is 35.5. The van der Waals surface area contributed by atoms with Gasteiger partial charge in [-0.1, -0.05) is 23.7 Å². The highest BCUT2D eigenvalue weighted by Gasteiger charge is 2.22. The summed E-state index contributed by atoms with van der Waals surface area (Å²) in [5.74, 6) is 0.576. The lowest BCUT2D eigenvalue weighted by atomic mass is 9.99. The average Bonchev–Trinajstić information content (AvgIpc) is 2.46. The van der Waals surface area contributed by atoms with E-state index in [4.69, 9.17) is 21.1 Å². The van der Waals surface area contributed by atoms with Crippen LogP contribution in [0.15, 0.2) is 30.3 Å². The van der Waals surface area contributed by atoms with Gasteiger partial charge < -0.3 is 14.6 Å². The Morgan fingerprint density at radius 2 is 1.76 bits per heavy atom. The minimum atomic E-state index is -1.16. The van der Waals surface area contributed by atoms with E-state index in [-0.39, 0.29) is 5.56 Å². The summed E-state index contributed by atoms with van der Waals surface area (Å²) in [6.45, 7) is 2.68. The number of hydrogen-bond donors (Lipinski definition) is 1. The molecule has 1 heterocycles. The van der Waals surface area contributed by atoms with Crippen LogP contribution in [-0.4, -0.2) is 18.3 Å². The molecule has 110 valence electrons. The molecule has 3 rings (SSSR count). The third-order valence-electron chi connectivity index (χ3n) is 3.41. The molecule has 0 bridgehead atoms. The Balaban J connectivity index is 2.03. The van der Waals surface area contributed by atoms with E-state index >= 15 is 0 Å². The quantitative estimate of drug-likeness (QED) is 0.920. The maximum Gasteiger partial charge on any atom is 0.162 e. The van der Waals surface area contributed by atoms with Crippen molar-refractivity contribution < 1.29 is 19.0 Å². The molecule has 0 aliphatic carbocycles. The lowest BCUT2D eigenvalue weighted by Crippen LogP contribution is -2.16. The summed E-state index contributed by atoms with van der Waals surface area (Å²) in [5.41, 5.74) is 1.36. The second kappa shape index (κ2) is 5.54. The third kappa shape index (κ3) is 2.69. The van der Waals surface area contributed by atoms with Gasteiger partial charge in [-0.15, -0.1) is 0 Å². The second-order valence-electron chi connectivity index (χ2n) is 4.94. The molecule has 0 saturated carbocycles. The normalized spacial score (nSPS) is 14.9. The number of aliphatic hydroxyl groups is 1. The van der Waals surface area contributed by atoms with E-state index in [1.807, 2.05) is 0 Å². The molecular weight excluding hydrogens is 295 g/mol. The van der Waals surface area contributed by atoms with Crippen molar-refractivity contribution in [1.82, 2.24) is 0 Å². The first-order chi connectivity index (χ1) is 10.1. The van der Waals surface area contributed by atoms with Crippen molar-refractivity contribution in [2.24, 2.45) is 0 Å². The van der Waals surface area contributed by atoms with Gasteiger partial charge in [0.15, 0.2) is 11.5 Å². The molecule has 0 spiro atoms. The number of aryl methyl sites for hydroxylation is 1. The number of aliphatic hydroxyl groups excluding tert-OH is 1. The fourth-order valence-electron chi connectivity index (χ4n) is 2.31. The molecule has 0 fully saturated rings. The molecule has 1 atom stereocenters. The highest BCUT2D eigenvalue weighted by molar-refractivity contribution is 6.31. The molecule has 0 aromatic heterocycles. The zero-order chi connectivity index (χ0) is 15.0. The van der Waals surface area contributed by atoms with Crippen LogP contribution in [0.4, 0.5) is 4.39 Å².